The number of aryl methyl sites for hydroxylation is 1. The van der Waals surface area contributed by atoms with Crippen molar-refractivity contribution >= 4 is 28.9 Å². The van der Waals surface area contributed by atoms with Crippen molar-refractivity contribution in [3.05, 3.63) is 17.8 Å². The van der Waals surface area contributed by atoms with E-state index in [1.165, 1.54) is 11.8 Å². The second-order valence-corrected chi connectivity index (χ2v) is 6.92. The zero-order chi connectivity index (χ0) is 15.6. The molecule has 0 saturated heterocycles. The van der Waals surface area contributed by atoms with Crippen molar-refractivity contribution in [3.8, 4) is 0 Å². The Morgan fingerprint density at radius 3 is 2.71 bits per heavy atom. The highest BCUT2D eigenvalue weighted by Crippen LogP contribution is 2.29. The number of nitrogens with zero attached hydrogens (tertiary/aromatic N) is 3. The molecule has 5 nitrogen and oxygen atoms in total. The van der Waals surface area contributed by atoms with Crippen molar-refractivity contribution < 1.29 is 9.90 Å². The van der Waals surface area contributed by atoms with Crippen LogP contribution in [0.3, 0.4) is 0 Å². The molecule has 0 aliphatic rings. The smallest absolute Gasteiger partial charge is 0.313 e. The third-order valence-corrected chi connectivity index (χ3v) is 4.53. The summed E-state index contributed by atoms with van der Waals surface area (Å²) in [4.78, 5) is 19.9. The minimum absolute atomic E-state index is 0.00879. The predicted octanol–water partition coefficient (Wildman–Crippen LogP) is 3.35. The van der Waals surface area contributed by atoms with Crippen molar-refractivity contribution in [1.82, 2.24) is 14.5 Å². The van der Waals surface area contributed by atoms with Crippen molar-refractivity contribution in [2.75, 3.05) is 5.75 Å². The molecule has 0 aromatic carbocycles. The number of pyridine rings is 1. The topological polar surface area (TPSA) is 68.0 Å². The highest BCUT2D eigenvalue weighted by molar-refractivity contribution is 7.99. The van der Waals surface area contributed by atoms with Gasteiger partial charge < -0.3 is 9.67 Å². The summed E-state index contributed by atoms with van der Waals surface area (Å²) in [5, 5.41) is 9.62. The first kappa shape index (κ1) is 15.8. The average molecular weight is 307 g/mol. The van der Waals surface area contributed by atoms with Crippen LogP contribution in [0.5, 0.6) is 0 Å². The molecular formula is C15H21N3O2S. The van der Waals surface area contributed by atoms with Gasteiger partial charge in [-0.25, -0.2) is 9.97 Å². The molecule has 0 fully saturated rings. The SMILES string of the molecule is CCC(C)(C)Cn1c(SCC(=O)O)nc2ccc(C)nc21. The largest absolute Gasteiger partial charge is 0.481 e. The van der Waals surface area contributed by atoms with Gasteiger partial charge in [-0.2, -0.15) is 0 Å². The number of fused-ring (bicyclic) bond motifs is 1. The molecule has 6 heteroatoms. The van der Waals surface area contributed by atoms with E-state index < -0.39 is 5.97 Å². The van der Waals surface area contributed by atoms with Crippen LogP contribution in [0.4, 0.5) is 0 Å². The number of imidazole rings is 1. The number of aromatic nitrogens is 3. The lowest BCUT2D eigenvalue weighted by atomic mass is 9.90. The summed E-state index contributed by atoms with van der Waals surface area (Å²) in [7, 11) is 0. The molecule has 1 N–H and O–H groups in total. The zero-order valence-electron chi connectivity index (χ0n) is 12.9. The molecule has 2 heterocycles. The summed E-state index contributed by atoms with van der Waals surface area (Å²) < 4.78 is 2.05. The summed E-state index contributed by atoms with van der Waals surface area (Å²) in [6.07, 6.45) is 1.03. The molecule has 0 atom stereocenters. The minimum Gasteiger partial charge on any atom is -0.481 e. The number of aliphatic carboxylic acids is 1. The van der Waals surface area contributed by atoms with Gasteiger partial charge in [0, 0.05) is 12.2 Å². The van der Waals surface area contributed by atoms with Gasteiger partial charge in [-0.3, -0.25) is 4.79 Å². The second-order valence-electron chi connectivity index (χ2n) is 5.98. The van der Waals surface area contributed by atoms with Crippen LogP contribution in [0.1, 0.15) is 32.9 Å². The highest BCUT2D eigenvalue weighted by Gasteiger charge is 2.21. The lowest BCUT2D eigenvalue weighted by molar-refractivity contribution is -0.133. The average Bonchev–Trinajstić information content (AvgIpc) is 2.74. The van der Waals surface area contributed by atoms with Crippen LogP contribution >= 0.6 is 11.8 Å². The number of hydrogen-bond acceptors (Lipinski definition) is 4. The lowest BCUT2D eigenvalue weighted by Gasteiger charge is -2.24. The Bertz CT molecular complexity index is 664. The van der Waals surface area contributed by atoms with Gasteiger partial charge in [0.2, 0.25) is 0 Å². The van der Waals surface area contributed by atoms with Crippen LogP contribution in [-0.2, 0) is 11.3 Å². The molecule has 2 rings (SSSR count). The zero-order valence-corrected chi connectivity index (χ0v) is 13.7. The fraction of sp³-hybridized carbons (Fsp3) is 0.533. The Hall–Kier alpha value is -1.56. The summed E-state index contributed by atoms with van der Waals surface area (Å²) in [5.74, 6) is -0.827. The van der Waals surface area contributed by atoms with Gasteiger partial charge in [-0.15, -0.1) is 0 Å². The second kappa shape index (κ2) is 6.05. The quantitative estimate of drug-likeness (QED) is 0.829. The molecule has 0 bridgehead atoms. The van der Waals surface area contributed by atoms with E-state index in [9.17, 15) is 4.79 Å². The molecule has 0 spiro atoms. The molecule has 0 aliphatic carbocycles. The van der Waals surface area contributed by atoms with E-state index in [1.54, 1.807) is 0 Å². The van der Waals surface area contributed by atoms with E-state index in [4.69, 9.17) is 5.11 Å². The molecular weight excluding hydrogens is 286 g/mol. The van der Waals surface area contributed by atoms with E-state index in [0.717, 1.165) is 35.0 Å². The molecule has 0 aliphatic heterocycles. The summed E-state index contributed by atoms with van der Waals surface area (Å²) in [6, 6.07) is 3.87. The molecule has 0 unspecified atom stereocenters. The molecule has 0 saturated carbocycles. The van der Waals surface area contributed by atoms with Gasteiger partial charge in [0.1, 0.15) is 5.52 Å². The maximum atomic E-state index is 10.8. The molecule has 0 amide bonds. The normalized spacial score (nSPS) is 12.0. The Labute approximate surface area is 128 Å². The number of carbonyl (C=O) groups is 1. The van der Waals surface area contributed by atoms with Crippen LogP contribution in [-0.4, -0.2) is 31.4 Å². The van der Waals surface area contributed by atoms with E-state index >= 15 is 0 Å². The van der Waals surface area contributed by atoms with Crippen LogP contribution in [0, 0.1) is 12.3 Å². The monoisotopic (exact) mass is 307 g/mol. The first-order valence-electron chi connectivity index (χ1n) is 7.01. The van der Waals surface area contributed by atoms with Crippen molar-refractivity contribution in [3.63, 3.8) is 0 Å². The van der Waals surface area contributed by atoms with Crippen LogP contribution < -0.4 is 0 Å². The Morgan fingerprint density at radius 2 is 2.10 bits per heavy atom. The Balaban J connectivity index is 2.47. The van der Waals surface area contributed by atoms with Crippen LogP contribution in [0.25, 0.3) is 11.2 Å². The minimum atomic E-state index is -0.836. The van der Waals surface area contributed by atoms with E-state index in [1.807, 2.05) is 19.1 Å². The fourth-order valence-electron chi connectivity index (χ4n) is 1.99. The summed E-state index contributed by atoms with van der Waals surface area (Å²) in [6.45, 7) is 9.27. The number of carboxylic acids is 1. The summed E-state index contributed by atoms with van der Waals surface area (Å²) >= 11 is 1.25. The van der Waals surface area contributed by atoms with Gasteiger partial charge in [0.15, 0.2) is 10.8 Å². The van der Waals surface area contributed by atoms with Gasteiger partial charge in [-0.1, -0.05) is 32.5 Å². The number of thioether (sulfide) groups is 1. The lowest BCUT2D eigenvalue weighted by Crippen LogP contribution is -2.19. The van der Waals surface area contributed by atoms with Gasteiger partial charge in [0.25, 0.3) is 0 Å². The summed E-state index contributed by atoms with van der Waals surface area (Å²) in [5.41, 5.74) is 2.70. The molecule has 2 aromatic rings. The number of hydrogen-bond donors (Lipinski definition) is 1. The molecule has 114 valence electrons. The molecule has 0 radical (unpaired) electrons. The van der Waals surface area contributed by atoms with Crippen molar-refractivity contribution in [2.24, 2.45) is 5.41 Å². The highest BCUT2D eigenvalue weighted by atomic mass is 32.2. The van der Waals surface area contributed by atoms with Crippen molar-refractivity contribution in [2.45, 2.75) is 45.8 Å². The van der Waals surface area contributed by atoms with E-state index in [-0.39, 0.29) is 11.2 Å². The van der Waals surface area contributed by atoms with Crippen LogP contribution in [0.2, 0.25) is 0 Å². The van der Waals surface area contributed by atoms with Gasteiger partial charge >= 0.3 is 5.97 Å². The Kier molecular flexibility index (Phi) is 4.56. The van der Waals surface area contributed by atoms with E-state index in [0.29, 0.717) is 0 Å². The Morgan fingerprint density at radius 1 is 1.38 bits per heavy atom. The van der Waals surface area contributed by atoms with Gasteiger partial charge in [0.05, 0.1) is 5.75 Å². The maximum absolute atomic E-state index is 10.8. The fourth-order valence-corrected chi connectivity index (χ4v) is 2.72. The first-order chi connectivity index (χ1) is 9.82. The number of rotatable bonds is 6. The third-order valence-electron chi connectivity index (χ3n) is 3.56. The number of carboxylic acid groups (broad SMARTS) is 1. The van der Waals surface area contributed by atoms with Gasteiger partial charge in [-0.05, 0) is 30.9 Å². The third kappa shape index (κ3) is 3.75. The molecule has 21 heavy (non-hydrogen) atoms. The standard InChI is InChI=1S/C15H21N3O2S/c1-5-15(3,4)9-18-13-11(7-6-10(2)16-13)17-14(18)21-8-12(19)20/h6-7H,5,8-9H2,1-4H3,(H,19,20). The first-order valence-corrected chi connectivity index (χ1v) is 7.99. The van der Waals surface area contributed by atoms with E-state index in [2.05, 4.69) is 35.3 Å². The molecule has 2 aromatic heterocycles. The maximum Gasteiger partial charge on any atom is 0.313 e. The van der Waals surface area contributed by atoms with Crippen LogP contribution in [0.15, 0.2) is 17.3 Å². The predicted molar refractivity (Wildman–Crippen MR) is 84.7 cm³/mol. The van der Waals surface area contributed by atoms with Crippen molar-refractivity contribution in [1.29, 1.82) is 0 Å².